The second kappa shape index (κ2) is 8.65. The lowest BCUT2D eigenvalue weighted by Gasteiger charge is -2.19. The Labute approximate surface area is 146 Å². The molecule has 0 aliphatic carbocycles. The first-order valence-electron chi connectivity index (χ1n) is 8.02. The van der Waals surface area contributed by atoms with Crippen molar-refractivity contribution in [3.05, 3.63) is 90.3 Å². The molecule has 25 heavy (non-hydrogen) atoms. The topological polar surface area (TPSA) is 79.8 Å². The van der Waals surface area contributed by atoms with Crippen LogP contribution in [-0.2, 0) is 17.9 Å². The summed E-state index contributed by atoms with van der Waals surface area (Å²) in [5.41, 5.74) is 2.89. The molecule has 3 aromatic heterocycles. The van der Waals surface area contributed by atoms with Crippen LogP contribution in [0.25, 0.3) is 0 Å². The SMILES string of the molecule is O=C(NCc1cccnc1)C(NCc1ccncc1)c1ccncc1. The van der Waals surface area contributed by atoms with Crippen molar-refractivity contribution in [2.24, 2.45) is 0 Å². The molecule has 1 amide bonds. The average molecular weight is 333 g/mol. The van der Waals surface area contributed by atoms with Gasteiger partial charge in [-0.05, 0) is 47.0 Å². The molecule has 0 spiro atoms. The molecule has 0 aliphatic rings. The summed E-state index contributed by atoms with van der Waals surface area (Å²) in [6.45, 7) is 1.00. The molecule has 0 bridgehead atoms. The van der Waals surface area contributed by atoms with Gasteiger partial charge in [-0.25, -0.2) is 0 Å². The van der Waals surface area contributed by atoms with Crippen LogP contribution in [0, 0.1) is 0 Å². The molecule has 0 fully saturated rings. The van der Waals surface area contributed by atoms with Gasteiger partial charge in [-0.3, -0.25) is 25.1 Å². The van der Waals surface area contributed by atoms with E-state index in [1.807, 2.05) is 36.4 Å². The molecule has 0 radical (unpaired) electrons. The summed E-state index contributed by atoms with van der Waals surface area (Å²) in [5, 5.41) is 6.26. The maximum absolute atomic E-state index is 12.7. The molecular formula is C19H19N5O. The van der Waals surface area contributed by atoms with Gasteiger partial charge in [-0.2, -0.15) is 0 Å². The predicted molar refractivity (Wildman–Crippen MR) is 94.1 cm³/mol. The summed E-state index contributed by atoms with van der Waals surface area (Å²) >= 11 is 0. The Balaban J connectivity index is 1.68. The highest BCUT2D eigenvalue weighted by Crippen LogP contribution is 2.13. The van der Waals surface area contributed by atoms with E-state index in [9.17, 15) is 4.79 Å². The normalized spacial score (nSPS) is 11.7. The second-order valence-corrected chi connectivity index (χ2v) is 5.53. The van der Waals surface area contributed by atoms with E-state index in [4.69, 9.17) is 0 Å². The largest absolute Gasteiger partial charge is 0.350 e. The molecule has 0 aromatic carbocycles. The van der Waals surface area contributed by atoms with Crippen LogP contribution in [0.15, 0.2) is 73.6 Å². The van der Waals surface area contributed by atoms with E-state index in [1.54, 1.807) is 37.2 Å². The fraction of sp³-hybridized carbons (Fsp3) is 0.158. The smallest absolute Gasteiger partial charge is 0.242 e. The van der Waals surface area contributed by atoms with Crippen molar-refractivity contribution in [2.45, 2.75) is 19.1 Å². The Kier molecular flexibility index (Phi) is 5.79. The highest BCUT2D eigenvalue weighted by Gasteiger charge is 2.19. The number of nitrogens with one attached hydrogen (secondary N) is 2. The van der Waals surface area contributed by atoms with E-state index in [2.05, 4.69) is 25.6 Å². The van der Waals surface area contributed by atoms with E-state index >= 15 is 0 Å². The lowest BCUT2D eigenvalue weighted by Crippen LogP contribution is -2.37. The van der Waals surface area contributed by atoms with Gasteiger partial charge >= 0.3 is 0 Å². The van der Waals surface area contributed by atoms with Crippen LogP contribution in [0.3, 0.4) is 0 Å². The predicted octanol–water partition coefficient (Wildman–Crippen LogP) is 2.02. The van der Waals surface area contributed by atoms with Crippen molar-refractivity contribution in [3.8, 4) is 0 Å². The van der Waals surface area contributed by atoms with Gasteiger partial charge in [-0.1, -0.05) is 6.07 Å². The third-order valence-electron chi connectivity index (χ3n) is 3.75. The van der Waals surface area contributed by atoms with Crippen molar-refractivity contribution in [3.63, 3.8) is 0 Å². The molecular weight excluding hydrogens is 314 g/mol. The minimum Gasteiger partial charge on any atom is -0.350 e. The van der Waals surface area contributed by atoms with E-state index in [-0.39, 0.29) is 5.91 Å². The minimum absolute atomic E-state index is 0.0934. The van der Waals surface area contributed by atoms with Crippen molar-refractivity contribution < 1.29 is 4.79 Å². The van der Waals surface area contributed by atoms with Crippen LogP contribution >= 0.6 is 0 Å². The third kappa shape index (κ3) is 4.92. The molecule has 1 atom stereocenters. The molecule has 126 valence electrons. The maximum Gasteiger partial charge on any atom is 0.242 e. The number of pyridine rings is 3. The summed E-state index contributed by atoms with van der Waals surface area (Å²) < 4.78 is 0. The molecule has 1 unspecified atom stereocenters. The van der Waals surface area contributed by atoms with Crippen LogP contribution in [0.1, 0.15) is 22.7 Å². The summed E-state index contributed by atoms with van der Waals surface area (Å²) in [4.78, 5) is 24.8. The van der Waals surface area contributed by atoms with Crippen LogP contribution in [-0.4, -0.2) is 20.9 Å². The molecule has 0 aliphatic heterocycles. The second-order valence-electron chi connectivity index (χ2n) is 5.53. The van der Waals surface area contributed by atoms with Crippen molar-refractivity contribution in [2.75, 3.05) is 0 Å². The highest BCUT2D eigenvalue weighted by molar-refractivity contribution is 5.83. The Hall–Kier alpha value is -3.12. The number of nitrogens with zero attached hydrogens (tertiary/aromatic N) is 3. The molecule has 3 aromatic rings. The molecule has 2 N–H and O–H groups in total. The first kappa shape index (κ1) is 16.7. The fourth-order valence-corrected chi connectivity index (χ4v) is 2.43. The van der Waals surface area contributed by atoms with E-state index < -0.39 is 6.04 Å². The fourth-order valence-electron chi connectivity index (χ4n) is 2.43. The van der Waals surface area contributed by atoms with Gasteiger partial charge in [0.2, 0.25) is 5.91 Å². The quantitative estimate of drug-likeness (QED) is 0.691. The zero-order valence-electron chi connectivity index (χ0n) is 13.7. The number of amides is 1. The van der Waals surface area contributed by atoms with Gasteiger partial charge in [0.05, 0.1) is 0 Å². The molecule has 0 saturated carbocycles. The van der Waals surface area contributed by atoms with Crippen molar-refractivity contribution >= 4 is 5.91 Å². The monoisotopic (exact) mass is 333 g/mol. The van der Waals surface area contributed by atoms with E-state index in [0.717, 1.165) is 16.7 Å². The number of carbonyl (C=O) groups is 1. The lowest BCUT2D eigenvalue weighted by atomic mass is 10.1. The van der Waals surface area contributed by atoms with Crippen LogP contribution < -0.4 is 10.6 Å². The Morgan fingerprint density at radius 3 is 2.24 bits per heavy atom. The summed E-state index contributed by atoms with van der Waals surface area (Å²) in [5.74, 6) is -0.0934. The Bertz CT molecular complexity index is 781. The van der Waals surface area contributed by atoms with Gasteiger partial charge < -0.3 is 5.32 Å². The van der Waals surface area contributed by atoms with E-state index in [1.165, 1.54) is 0 Å². The lowest BCUT2D eigenvalue weighted by molar-refractivity contribution is -0.123. The standard InChI is InChI=1S/C19H19N5O/c25-19(24-14-16-2-1-7-22-12-16)18(17-5-10-21-11-6-17)23-13-15-3-8-20-9-4-15/h1-12,18,23H,13-14H2,(H,24,25). The van der Waals surface area contributed by atoms with Gasteiger partial charge in [0.1, 0.15) is 6.04 Å². The van der Waals surface area contributed by atoms with Gasteiger partial charge in [0, 0.05) is 50.3 Å². The number of hydrogen-bond acceptors (Lipinski definition) is 5. The maximum atomic E-state index is 12.7. The molecule has 6 nitrogen and oxygen atoms in total. The molecule has 6 heteroatoms. The average Bonchev–Trinajstić information content (AvgIpc) is 2.69. The van der Waals surface area contributed by atoms with Crippen LogP contribution in [0.4, 0.5) is 0 Å². The first-order chi connectivity index (χ1) is 12.3. The van der Waals surface area contributed by atoms with E-state index in [0.29, 0.717) is 13.1 Å². The number of hydrogen-bond donors (Lipinski definition) is 2. The van der Waals surface area contributed by atoms with Crippen LogP contribution in [0.2, 0.25) is 0 Å². The Morgan fingerprint density at radius 1 is 0.840 bits per heavy atom. The molecule has 3 heterocycles. The molecule has 0 saturated heterocycles. The van der Waals surface area contributed by atoms with Gasteiger partial charge in [0.15, 0.2) is 0 Å². The number of rotatable bonds is 7. The van der Waals surface area contributed by atoms with Crippen molar-refractivity contribution in [1.29, 1.82) is 0 Å². The van der Waals surface area contributed by atoms with Gasteiger partial charge in [-0.15, -0.1) is 0 Å². The molecule has 3 rings (SSSR count). The zero-order valence-corrected chi connectivity index (χ0v) is 13.7. The minimum atomic E-state index is -0.465. The van der Waals surface area contributed by atoms with Gasteiger partial charge in [0.25, 0.3) is 0 Å². The Morgan fingerprint density at radius 2 is 1.56 bits per heavy atom. The third-order valence-corrected chi connectivity index (χ3v) is 3.75. The highest BCUT2D eigenvalue weighted by atomic mass is 16.2. The summed E-state index contributed by atoms with van der Waals surface area (Å²) in [7, 11) is 0. The summed E-state index contributed by atoms with van der Waals surface area (Å²) in [6, 6.07) is 10.8. The number of aromatic nitrogens is 3. The number of carbonyl (C=O) groups excluding carboxylic acids is 1. The van der Waals surface area contributed by atoms with Crippen LogP contribution in [0.5, 0.6) is 0 Å². The first-order valence-corrected chi connectivity index (χ1v) is 8.02. The van der Waals surface area contributed by atoms with Crippen molar-refractivity contribution in [1.82, 2.24) is 25.6 Å². The zero-order chi connectivity index (χ0) is 17.3. The summed E-state index contributed by atoms with van der Waals surface area (Å²) in [6.07, 6.45) is 10.3.